The molecule has 2 aromatic heterocycles. The second-order valence-electron chi connectivity index (χ2n) is 5.82. The Balaban J connectivity index is 1.76. The van der Waals surface area contributed by atoms with Crippen molar-refractivity contribution in [3.63, 3.8) is 0 Å². The summed E-state index contributed by atoms with van der Waals surface area (Å²) in [6.07, 6.45) is 1.54. The minimum Gasteiger partial charge on any atom is -0.306 e. The van der Waals surface area contributed by atoms with Gasteiger partial charge < -0.3 is 5.32 Å². The molecule has 1 amide bonds. The fourth-order valence-electron chi connectivity index (χ4n) is 2.73. The van der Waals surface area contributed by atoms with Gasteiger partial charge in [-0.2, -0.15) is 5.10 Å². The molecule has 27 heavy (non-hydrogen) atoms. The quantitative estimate of drug-likeness (QED) is 0.520. The molecule has 2 aromatic carbocycles. The molecule has 0 aliphatic rings. The van der Waals surface area contributed by atoms with Crippen LogP contribution in [0.1, 0.15) is 10.4 Å². The average molecular weight is 375 g/mol. The normalized spacial score (nSPS) is 10.6. The summed E-state index contributed by atoms with van der Waals surface area (Å²) in [5, 5.41) is 7.72. The Kier molecular flexibility index (Phi) is 4.68. The first-order valence-corrected chi connectivity index (χ1v) is 8.73. The van der Waals surface area contributed by atoms with Gasteiger partial charge in [0.05, 0.1) is 16.9 Å². The van der Waals surface area contributed by atoms with Gasteiger partial charge in [-0.3, -0.25) is 4.79 Å². The van der Waals surface area contributed by atoms with Crippen molar-refractivity contribution in [3.8, 4) is 16.9 Å². The summed E-state index contributed by atoms with van der Waals surface area (Å²) in [6, 6.07) is 24.6. The van der Waals surface area contributed by atoms with E-state index < -0.39 is 0 Å². The highest BCUT2D eigenvalue weighted by molar-refractivity contribution is 6.33. The third-order valence-electron chi connectivity index (χ3n) is 4.02. The van der Waals surface area contributed by atoms with Crippen LogP contribution in [-0.2, 0) is 0 Å². The van der Waals surface area contributed by atoms with Crippen molar-refractivity contribution in [2.24, 2.45) is 0 Å². The van der Waals surface area contributed by atoms with Gasteiger partial charge in [-0.15, -0.1) is 0 Å². The van der Waals surface area contributed by atoms with Crippen LogP contribution < -0.4 is 5.32 Å². The molecule has 0 saturated heterocycles. The number of anilines is 1. The molecule has 0 aliphatic carbocycles. The topological polar surface area (TPSA) is 59.8 Å². The van der Waals surface area contributed by atoms with Crippen LogP contribution in [0.15, 0.2) is 85.1 Å². The van der Waals surface area contributed by atoms with E-state index in [1.165, 1.54) is 0 Å². The maximum absolute atomic E-state index is 12.7. The fraction of sp³-hybridized carbons (Fsp3) is 0. The summed E-state index contributed by atoms with van der Waals surface area (Å²) in [5.41, 5.74) is 2.86. The molecule has 1 N–H and O–H groups in total. The van der Waals surface area contributed by atoms with E-state index in [2.05, 4.69) is 15.4 Å². The molecular weight excluding hydrogens is 360 g/mol. The van der Waals surface area contributed by atoms with Crippen molar-refractivity contribution >= 4 is 23.3 Å². The van der Waals surface area contributed by atoms with Gasteiger partial charge in [-0.05, 0) is 24.3 Å². The number of hydrogen-bond donors (Lipinski definition) is 1. The zero-order chi connectivity index (χ0) is 18.6. The molecule has 0 saturated carbocycles. The lowest BCUT2D eigenvalue weighted by Crippen LogP contribution is -2.15. The Labute approximate surface area is 161 Å². The number of rotatable bonds is 4. The highest BCUT2D eigenvalue weighted by Crippen LogP contribution is 2.25. The van der Waals surface area contributed by atoms with Gasteiger partial charge in [-0.1, -0.05) is 60.1 Å². The lowest BCUT2D eigenvalue weighted by Gasteiger charge is -2.09. The zero-order valence-corrected chi connectivity index (χ0v) is 15.0. The molecule has 132 valence electrons. The van der Waals surface area contributed by atoms with Crippen LogP contribution in [0.5, 0.6) is 0 Å². The molecule has 4 aromatic rings. The number of hydrogen-bond acceptors (Lipinski definition) is 3. The van der Waals surface area contributed by atoms with Crippen LogP contribution >= 0.6 is 11.6 Å². The van der Waals surface area contributed by atoms with Gasteiger partial charge in [0.25, 0.3) is 5.91 Å². The van der Waals surface area contributed by atoms with E-state index in [0.29, 0.717) is 11.4 Å². The number of nitrogens with zero attached hydrogens (tertiary/aromatic N) is 3. The largest absolute Gasteiger partial charge is 0.306 e. The first kappa shape index (κ1) is 17.0. The predicted molar refractivity (Wildman–Crippen MR) is 106 cm³/mol. The van der Waals surface area contributed by atoms with Gasteiger partial charge in [-0.25, -0.2) is 9.67 Å². The summed E-state index contributed by atoms with van der Waals surface area (Å²) < 4.78 is 1.70. The SMILES string of the molecule is O=C(Nc1cc(-c2ccccc2)nn1-c1ccccc1)c1cccnc1Cl. The third kappa shape index (κ3) is 3.59. The number of aromatic nitrogens is 3. The van der Waals surface area contributed by atoms with Crippen molar-refractivity contribution in [1.82, 2.24) is 14.8 Å². The third-order valence-corrected chi connectivity index (χ3v) is 4.33. The van der Waals surface area contributed by atoms with Crippen molar-refractivity contribution in [1.29, 1.82) is 0 Å². The maximum Gasteiger partial charge on any atom is 0.259 e. The highest BCUT2D eigenvalue weighted by atomic mass is 35.5. The monoisotopic (exact) mass is 374 g/mol. The number of halogens is 1. The molecular formula is C21H15ClN4O. The Bertz CT molecular complexity index is 1080. The molecule has 6 heteroatoms. The van der Waals surface area contributed by atoms with Gasteiger partial charge in [0, 0.05) is 17.8 Å². The van der Waals surface area contributed by atoms with Gasteiger partial charge in [0.2, 0.25) is 0 Å². The van der Waals surface area contributed by atoms with Crippen molar-refractivity contribution in [2.45, 2.75) is 0 Å². The fourth-order valence-corrected chi connectivity index (χ4v) is 2.93. The molecule has 5 nitrogen and oxygen atoms in total. The maximum atomic E-state index is 12.7. The summed E-state index contributed by atoms with van der Waals surface area (Å²) in [4.78, 5) is 16.6. The predicted octanol–water partition coefficient (Wildman–Crippen LogP) is 4.84. The van der Waals surface area contributed by atoms with Crippen LogP contribution in [0.4, 0.5) is 5.82 Å². The van der Waals surface area contributed by atoms with Crippen LogP contribution in [0, 0.1) is 0 Å². The molecule has 0 atom stereocenters. The van der Waals surface area contributed by atoms with Crippen molar-refractivity contribution < 1.29 is 4.79 Å². The lowest BCUT2D eigenvalue weighted by molar-refractivity contribution is 0.102. The Morgan fingerprint density at radius 3 is 2.33 bits per heavy atom. The Morgan fingerprint density at radius 2 is 1.63 bits per heavy atom. The van der Waals surface area contributed by atoms with E-state index in [1.54, 1.807) is 23.0 Å². The van der Waals surface area contributed by atoms with Gasteiger partial charge in [0.1, 0.15) is 11.0 Å². The van der Waals surface area contributed by atoms with E-state index in [4.69, 9.17) is 11.6 Å². The number of benzene rings is 2. The first-order chi connectivity index (χ1) is 13.2. The molecule has 4 rings (SSSR count). The molecule has 0 spiro atoms. The standard InChI is InChI=1S/C21H15ClN4O/c22-20-17(12-7-13-23-20)21(27)24-19-14-18(15-8-3-1-4-9-15)25-26(19)16-10-5-2-6-11-16/h1-14H,(H,24,27). The number of nitrogens with one attached hydrogen (secondary N) is 1. The van der Waals surface area contributed by atoms with E-state index in [9.17, 15) is 4.79 Å². The minimum atomic E-state index is -0.343. The number of amides is 1. The van der Waals surface area contributed by atoms with Crippen LogP contribution in [0.2, 0.25) is 5.15 Å². The Hall–Kier alpha value is -3.44. The van der Waals surface area contributed by atoms with E-state index >= 15 is 0 Å². The second-order valence-corrected chi connectivity index (χ2v) is 6.18. The van der Waals surface area contributed by atoms with E-state index in [0.717, 1.165) is 16.9 Å². The zero-order valence-electron chi connectivity index (χ0n) is 14.2. The number of para-hydroxylation sites is 1. The highest BCUT2D eigenvalue weighted by Gasteiger charge is 2.16. The number of pyridine rings is 1. The first-order valence-electron chi connectivity index (χ1n) is 8.35. The summed E-state index contributed by atoms with van der Waals surface area (Å²) in [6.45, 7) is 0. The van der Waals surface area contributed by atoms with Crippen LogP contribution in [-0.4, -0.2) is 20.7 Å². The van der Waals surface area contributed by atoms with Gasteiger partial charge in [0.15, 0.2) is 0 Å². The summed E-state index contributed by atoms with van der Waals surface area (Å²) in [7, 11) is 0. The summed E-state index contributed by atoms with van der Waals surface area (Å²) in [5.74, 6) is 0.203. The lowest BCUT2D eigenvalue weighted by atomic mass is 10.1. The van der Waals surface area contributed by atoms with Crippen molar-refractivity contribution in [2.75, 3.05) is 5.32 Å². The van der Waals surface area contributed by atoms with Gasteiger partial charge >= 0.3 is 0 Å². The van der Waals surface area contributed by atoms with Crippen LogP contribution in [0.3, 0.4) is 0 Å². The smallest absolute Gasteiger partial charge is 0.259 e. The minimum absolute atomic E-state index is 0.157. The molecule has 2 heterocycles. The molecule has 0 bridgehead atoms. The molecule has 0 fully saturated rings. The van der Waals surface area contributed by atoms with Crippen molar-refractivity contribution in [3.05, 3.63) is 95.8 Å². The number of carbonyl (C=O) groups excluding carboxylic acids is 1. The second kappa shape index (κ2) is 7.43. The number of carbonyl (C=O) groups is 1. The molecule has 0 radical (unpaired) electrons. The van der Waals surface area contributed by atoms with E-state index in [1.807, 2.05) is 66.7 Å². The van der Waals surface area contributed by atoms with Crippen LogP contribution in [0.25, 0.3) is 16.9 Å². The molecule has 0 aliphatic heterocycles. The molecule has 0 unspecified atom stereocenters. The Morgan fingerprint density at radius 1 is 0.926 bits per heavy atom. The van der Waals surface area contributed by atoms with E-state index in [-0.39, 0.29) is 11.1 Å². The average Bonchev–Trinajstić information content (AvgIpc) is 3.13. The summed E-state index contributed by atoms with van der Waals surface area (Å²) >= 11 is 6.05.